The minimum Gasteiger partial charge on any atom is -0.456 e. The molecule has 4 N–H and O–H groups in total. The van der Waals surface area contributed by atoms with Crippen molar-refractivity contribution < 1.29 is 72.5 Å². The van der Waals surface area contributed by atoms with Gasteiger partial charge in [-0.25, -0.2) is 9.59 Å². The van der Waals surface area contributed by atoms with E-state index in [0.29, 0.717) is 5.56 Å². The number of benzene rings is 3. The zero-order valence-electron chi connectivity index (χ0n) is 37.6. The van der Waals surface area contributed by atoms with Gasteiger partial charge in [-0.1, -0.05) is 80.6 Å². The monoisotopic (exact) mass is 899 g/mol. The molecule has 3 aliphatic carbocycles. The molecule has 0 unspecified atom stereocenters. The van der Waals surface area contributed by atoms with Gasteiger partial charge in [-0.15, -0.1) is 0 Å². The highest BCUT2D eigenvalue weighted by Crippen LogP contribution is 2.64. The molecule has 0 aromatic heterocycles. The Labute approximate surface area is 377 Å². The van der Waals surface area contributed by atoms with E-state index in [0.717, 1.165) is 13.8 Å². The molecule has 11 atom stereocenters. The van der Waals surface area contributed by atoms with E-state index < -0.39 is 113 Å². The summed E-state index contributed by atoms with van der Waals surface area (Å²) >= 11 is 0. The van der Waals surface area contributed by atoms with Crippen LogP contribution in [0.5, 0.6) is 0 Å². The van der Waals surface area contributed by atoms with Crippen molar-refractivity contribution >= 4 is 35.6 Å². The van der Waals surface area contributed by atoms with Crippen LogP contribution in [0.3, 0.4) is 0 Å². The van der Waals surface area contributed by atoms with Crippen molar-refractivity contribution in [1.29, 1.82) is 0 Å². The molecule has 16 heteroatoms. The summed E-state index contributed by atoms with van der Waals surface area (Å²) in [5.41, 5.74) is -7.02. The molecule has 16 nitrogen and oxygen atoms in total. The van der Waals surface area contributed by atoms with Crippen molar-refractivity contribution in [2.24, 2.45) is 16.7 Å². The molecule has 0 radical (unpaired) electrons. The fourth-order valence-corrected chi connectivity index (χ4v) is 10.2. The number of esters is 4. The molecule has 3 fully saturated rings. The molecule has 4 aliphatic rings. The lowest BCUT2D eigenvalue weighted by molar-refractivity contribution is -0.346. The third-order valence-electron chi connectivity index (χ3n) is 13.5. The van der Waals surface area contributed by atoms with E-state index in [1.807, 2.05) is 0 Å². The van der Waals surface area contributed by atoms with Crippen LogP contribution in [0.15, 0.2) is 102 Å². The van der Waals surface area contributed by atoms with Crippen molar-refractivity contribution in [2.75, 3.05) is 20.8 Å². The summed E-state index contributed by atoms with van der Waals surface area (Å²) in [5.74, 6) is -6.84. The molecule has 1 saturated heterocycles. The van der Waals surface area contributed by atoms with E-state index in [9.17, 15) is 39.3 Å². The fraction of sp³-hybridized carbons (Fsp3) is 0.469. The van der Waals surface area contributed by atoms with Crippen LogP contribution in [0, 0.1) is 16.7 Å². The summed E-state index contributed by atoms with van der Waals surface area (Å²) in [6.45, 7) is 7.97. The van der Waals surface area contributed by atoms with Gasteiger partial charge in [0.1, 0.15) is 23.9 Å². The molecule has 348 valence electrons. The first-order chi connectivity index (χ1) is 30.7. The van der Waals surface area contributed by atoms with Gasteiger partial charge >= 0.3 is 23.9 Å². The highest BCUT2D eigenvalue weighted by atomic mass is 16.6. The predicted octanol–water partition coefficient (Wildman–Crippen LogP) is 4.00. The zero-order chi connectivity index (χ0) is 47.6. The van der Waals surface area contributed by atoms with Crippen molar-refractivity contribution in [3.05, 3.63) is 119 Å². The number of ether oxygens (including phenoxy) is 6. The molecule has 2 saturated carbocycles. The van der Waals surface area contributed by atoms with Crippen LogP contribution in [-0.4, -0.2) is 120 Å². The first-order valence-corrected chi connectivity index (χ1v) is 21.3. The Balaban J connectivity index is 0.00000227. The van der Waals surface area contributed by atoms with Gasteiger partial charge in [-0.05, 0) is 54.8 Å². The van der Waals surface area contributed by atoms with Gasteiger partial charge in [0, 0.05) is 51.9 Å². The predicted molar refractivity (Wildman–Crippen MR) is 231 cm³/mol. The molecule has 1 amide bonds. The quantitative estimate of drug-likeness (QED) is 0.128. The number of aliphatic hydroxyl groups excluding tert-OH is 2. The van der Waals surface area contributed by atoms with Crippen LogP contribution in [0.25, 0.3) is 0 Å². The number of ketones is 1. The molecule has 2 bridgehead atoms. The number of hydrogen-bond donors (Lipinski definition) is 4. The van der Waals surface area contributed by atoms with Gasteiger partial charge in [0.05, 0.1) is 35.6 Å². The van der Waals surface area contributed by atoms with Gasteiger partial charge in [0.15, 0.2) is 23.6 Å². The minimum absolute atomic E-state index is 0.00289. The van der Waals surface area contributed by atoms with E-state index in [4.69, 9.17) is 23.7 Å². The number of amides is 1. The summed E-state index contributed by atoms with van der Waals surface area (Å²) in [6, 6.07) is 22.9. The van der Waals surface area contributed by atoms with E-state index in [-0.39, 0.29) is 35.3 Å². The summed E-state index contributed by atoms with van der Waals surface area (Å²) in [5, 5.41) is 40.2. The van der Waals surface area contributed by atoms with Gasteiger partial charge < -0.3 is 49.1 Å². The molecule has 3 aromatic carbocycles. The van der Waals surface area contributed by atoms with Crippen LogP contribution < -0.4 is 5.32 Å². The molecule has 0 spiro atoms. The van der Waals surface area contributed by atoms with Crippen molar-refractivity contribution in [2.45, 2.75) is 108 Å². The first-order valence-electron chi connectivity index (χ1n) is 21.3. The van der Waals surface area contributed by atoms with E-state index in [2.05, 4.69) is 10.1 Å². The van der Waals surface area contributed by atoms with Gasteiger partial charge in [-0.2, -0.15) is 0 Å². The van der Waals surface area contributed by atoms with Gasteiger partial charge in [0.25, 0.3) is 5.91 Å². The number of carbonyl (C=O) groups excluding carboxylic acids is 6. The lowest BCUT2D eigenvalue weighted by Crippen LogP contribution is -2.82. The number of hydrogen-bond acceptors (Lipinski definition) is 15. The second kappa shape index (κ2) is 19.0. The summed E-state index contributed by atoms with van der Waals surface area (Å²) in [6.07, 6.45) is -10.5. The third kappa shape index (κ3) is 8.73. The van der Waals surface area contributed by atoms with Crippen LogP contribution in [0.2, 0.25) is 0 Å². The van der Waals surface area contributed by atoms with E-state index in [1.54, 1.807) is 107 Å². The van der Waals surface area contributed by atoms with Crippen molar-refractivity contribution in [1.82, 2.24) is 5.32 Å². The molecule has 3 aromatic rings. The fourth-order valence-electron chi connectivity index (χ4n) is 10.2. The highest BCUT2D eigenvalue weighted by molar-refractivity contribution is 5.96. The SMILES string of the molecule is CC(=O)O[C@H]1C(=O)[C@@]2(C)[C@H]([C@H](OC(=O)c3ccccc3)[C@]3(O)C[C@H](OC(=O)[C@H](O)[C@@H](NC(=O)c4ccccc4)c4ccccc4)C(C)=C1C3(C)C)[C@]1(OC(C)=O)CO[C@@H]1C[C@@H]2O.COC. The highest BCUT2D eigenvalue weighted by Gasteiger charge is 2.78. The topological polar surface area (TPSA) is 231 Å². The molecule has 1 heterocycles. The van der Waals surface area contributed by atoms with Crippen LogP contribution in [-0.2, 0) is 47.6 Å². The maximum absolute atomic E-state index is 15.5. The molecular weight excluding hydrogens is 843 g/mol. The Morgan fingerprint density at radius 3 is 1.89 bits per heavy atom. The summed E-state index contributed by atoms with van der Waals surface area (Å²) in [4.78, 5) is 83.5. The number of rotatable bonds is 10. The average Bonchev–Trinajstić information content (AvgIpc) is 3.27. The number of methoxy groups -OCH3 is 1. The first kappa shape index (κ1) is 48.7. The molecule has 1 aliphatic heterocycles. The third-order valence-corrected chi connectivity index (χ3v) is 13.5. The minimum atomic E-state index is -2.39. The van der Waals surface area contributed by atoms with Crippen LogP contribution in [0.4, 0.5) is 0 Å². The Kier molecular flexibility index (Phi) is 14.2. The van der Waals surface area contributed by atoms with Gasteiger partial charge in [-0.3, -0.25) is 19.2 Å². The van der Waals surface area contributed by atoms with Crippen molar-refractivity contribution in [3.63, 3.8) is 0 Å². The van der Waals surface area contributed by atoms with Gasteiger partial charge in [0.2, 0.25) is 0 Å². The largest absolute Gasteiger partial charge is 0.456 e. The summed E-state index contributed by atoms with van der Waals surface area (Å²) < 4.78 is 34.5. The van der Waals surface area contributed by atoms with E-state index >= 15 is 4.79 Å². The molecule has 7 rings (SSSR count). The Bertz CT molecular complexity index is 2300. The van der Waals surface area contributed by atoms with Crippen molar-refractivity contribution in [3.8, 4) is 0 Å². The van der Waals surface area contributed by atoms with E-state index in [1.165, 1.54) is 26.0 Å². The normalized spacial score (nSPS) is 30.7. The Morgan fingerprint density at radius 2 is 1.37 bits per heavy atom. The number of Topliss-reactive ketones (excluding diaryl/α,β-unsaturated/α-hetero) is 1. The second-order valence-electron chi connectivity index (χ2n) is 17.8. The zero-order valence-corrected chi connectivity index (χ0v) is 37.6. The number of aliphatic hydroxyl groups is 3. The smallest absolute Gasteiger partial charge is 0.338 e. The molecule has 65 heavy (non-hydrogen) atoms. The Morgan fingerprint density at radius 1 is 0.815 bits per heavy atom. The second-order valence-corrected chi connectivity index (χ2v) is 17.8. The van der Waals surface area contributed by atoms with Crippen LogP contribution in [0.1, 0.15) is 86.7 Å². The number of carbonyl (C=O) groups is 6. The average molecular weight is 900 g/mol. The maximum atomic E-state index is 15.5. The lowest BCUT2D eigenvalue weighted by atomic mass is 9.44. The molecular formula is C49H57NO15. The number of fused-ring (bicyclic) bond motifs is 5. The standard InChI is InChI=1S/C47H51NO14.C2H6O/c1-25-31(60-43(56)36(52)35(28-16-10-7-11-17-28)48-41(54)29-18-12-8-13-19-29)23-47(57)40(61-42(55)30-20-14-9-15-21-30)38-45(6,32(51)22-33-46(38,24-58-33)62-27(3)50)39(53)37(59-26(2)49)34(25)44(47,4)5;1-3-2/h7-21,31-33,35-38,40,51-52,57H,22-24H2,1-6H3,(H,48,54);1-2H3/t31-,32-,33+,35-,36+,37+,38-,40-,45+,46-,47+;/m0./s1. The summed E-state index contributed by atoms with van der Waals surface area (Å²) in [7, 11) is 3.25. The maximum Gasteiger partial charge on any atom is 0.338 e. The van der Waals surface area contributed by atoms with Crippen LogP contribution >= 0.6 is 0 Å². The Hall–Kier alpha value is -5.78. The lowest BCUT2D eigenvalue weighted by Gasteiger charge is -2.67. The number of nitrogens with one attached hydrogen (secondary N) is 1.